The first-order valence-electron chi connectivity index (χ1n) is 7.07. The first kappa shape index (κ1) is 15.2. The van der Waals surface area contributed by atoms with Crippen molar-refractivity contribution in [2.45, 2.75) is 33.0 Å². The maximum atomic E-state index is 13.3. The Labute approximate surface area is 118 Å². The number of anilines is 1. The third-order valence-electron chi connectivity index (χ3n) is 3.71. The van der Waals surface area contributed by atoms with E-state index in [9.17, 15) is 13.2 Å². The van der Waals surface area contributed by atoms with Crippen molar-refractivity contribution in [2.24, 2.45) is 5.92 Å². The fourth-order valence-corrected chi connectivity index (χ4v) is 2.62. The molecule has 0 radical (unpaired) electrons. The summed E-state index contributed by atoms with van der Waals surface area (Å²) >= 11 is 0. The molecule has 1 fully saturated rings. The summed E-state index contributed by atoms with van der Waals surface area (Å²) in [7, 11) is 0. The molecule has 1 aromatic carbocycles. The molecule has 1 aliphatic heterocycles. The highest BCUT2D eigenvalue weighted by Gasteiger charge is 2.36. The van der Waals surface area contributed by atoms with E-state index in [4.69, 9.17) is 0 Å². The Bertz CT molecular complexity index is 457. The second-order valence-corrected chi connectivity index (χ2v) is 5.47. The first-order chi connectivity index (χ1) is 9.41. The van der Waals surface area contributed by atoms with Gasteiger partial charge in [0.15, 0.2) is 0 Å². The Kier molecular flexibility index (Phi) is 4.58. The summed E-state index contributed by atoms with van der Waals surface area (Å²) in [5.74, 6) is 0.456. The molecule has 0 amide bonds. The lowest BCUT2D eigenvalue weighted by Crippen LogP contribution is -2.23. The van der Waals surface area contributed by atoms with E-state index < -0.39 is 11.7 Å². The van der Waals surface area contributed by atoms with Crippen molar-refractivity contribution in [3.8, 4) is 0 Å². The smallest absolute Gasteiger partial charge is 0.371 e. The van der Waals surface area contributed by atoms with Gasteiger partial charge in [-0.15, -0.1) is 0 Å². The quantitative estimate of drug-likeness (QED) is 0.908. The fraction of sp³-hybridized carbons (Fsp3) is 0.600. The Morgan fingerprint density at radius 1 is 1.35 bits per heavy atom. The monoisotopic (exact) mass is 286 g/mol. The standard InChI is InChI=1S/C15H21F3N2/c1-3-19-9-12-4-5-14(13(8-12)15(16,17)18)20-7-6-11(2)10-20/h4-5,8,11,19H,3,6-7,9-10H2,1-2H3. The molecule has 1 aromatic rings. The number of halogens is 3. The molecule has 1 atom stereocenters. The molecule has 5 heteroatoms. The number of nitrogens with one attached hydrogen (secondary N) is 1. The van der Waals surface area contributed by atoms with E-state index in [1.54, 1.807) is 12.1 Å². The topological polar surface area (TPSA) is 15.3 Å². The first-order valence-corrected chi connectivity index (χ1v) is 7.07. The van der Waals surface area contributed by atoms with Gasteiger partial charge in [0, 0.05) is 25.3 Å². The summed E-state index contributed by atoms with van der Waals surface area (Å²) in [4.78, 5) is 1.85. The van der Waals surface area contributed by atoms with Crippen LogP contribution in [0.2, 0.25) is 0 Å². The van der Waals surface area contributed by atoms with Crippen LogP contribution in [0.5, 0.6) is 0 Å². The number of hydrogen-bond donors (Lipinski definition) is 1. The maximum Gasteiger partial charge on any atom is 0.418 e. The van der Waals surface area contributed by atoms with Crippen LogP contribution >= 0.6 is 0 Å². The summed E-state index contributed by atoms with van der Waals surface area (Å²) < 4.78 is 39.8. The summed E-state index contributed by atoms with van der Waals surface area (Å²) in [5, 5.41) is 3.06. The highest BCUT2D eigenvalue weighted by molar-refractivity contribution is 5.57. The van der Waals surface area contributed by atoms with Gasteiger partial charge in [0.05, 0.1) is 5.56 Å². The van der Waals surface area contributed by atoms with Crippen molar-refractivity contribution in [1.29, 1.82) is 0 Å². The molecule has 0 aliphatic carbocycles. The van der Waals surface area contributed by atoms with Gasteiger partial charge in [-0.2, -0.15) is 13.2 Å². The summed E-state index contributed by atoms with van der Waals surface area (Å²) in [6, 6.07) is 4.69. The van der Waals surface area contributed by atoms with Crippen LogP contribution in [-0.2, 0) is 12.7 Å². The Morgan fingerprint density at radius 2 is 2.10 bits per heavy atom. The molecule has 1 N–H and O–H groups in total. The largest absolute Gasteiger partial charge is 0.418 e. The van der Waals surface area contributed by atoms with E-state index in [0.717, 1.165) is 13.0 Å². The van der Waals surface area contributed by atoms with Gasteiger partial charge in [0.1, 0.15) is 0 Å². The minimum Gasteiger partial charge on any atom is -0.371 e. The molecule has 112 valence electrons. The van der Waals surface area contributed by atoms with Gasteiger partial charge >= 0.3 is 6.18 Å². The number of alkyl halides is 3. The van der Waals surface area contributed by atoms with Crippen LogP contribution in [0.15, 0.2) is 18.2 Å². The van der Waals surface area contributed by atoms with Gasteiger partial charge in [-0.3, -0.25) is 0 Å². The van der Waals surface area contributed by atoms with Crippen LogP contribution in [0, 0.1) is 5.92 Å². The van der Waals surface area contributed by atoms with Gasteiger partial charge in [0.2, 0.25) is 0 Å². The third-order valence-corrected chi connectivity index (χ3v) is 3.71. The highest BCUT2D eigenvalue weighted by atomic mass is 19.4. The molecule has 0 spiro atoms. The Morgan fingerprint density at radius 3 is 2.65 bits per heavy atom. The minimum absolute atomic E-state index is 0.321. The summed E-state index contributed by atoms with van der Waals surface area (Å²) in [5.41, 5.74) is 0.485. The lowest BCUT2D eigenvalue weighted by atomic mass is 10.1. The predicted molar refractivity (Wildman–Crippen MR) is 74.8 cm³/mol. The molecular weight excluding hydrogens is 265 g/mol. The van der Waals surface area contributed by atoms with E-state index in [1.807, 2.05) is 11.8 Å². The number of nitrogens with zero attached hydrogens (tertiary/aromatic N) is 1. The van der Waals surface area contributed by atoms with Crippen LogP contribution in [-0.4, -0.2) is 19.6 Å². The molecule has 1 saturated heterocycles. The van der Waals surface area contributed by atoms with Crippen LogP contribution in [0.25, 0.3) is 0 Å². The van der Waals surface area contributed by atoms with Crippen LogP contribution in [0.4, 0.5) is 18.9 Å². The molecule has 1 unspecified atom stereocenters. The zero-order valence-corrected chi connectivity index (χ0v) is 11.9. The Hall–Kier alpha value is -1.23. The van der Waals surface area contributed by atoms with Crippen molar-refractivity contribution >= 4 is 5.69 Å². The summed E-state index contributed by atoms with van der Waals surface area (Å²) in [6.07, 6.45) is -3.35. The van der Waals surface area contributed by atoms with Crippen molar-refractivity contribution < 1.29 is 13.2 Å². The molecule has 20 heavy (non-hydrogen) atoms. The molecule has 2 nitrogen and oxygen atoms in total. The van der Waals surface area contributed by atoms with E-state index in [1.165, 1.54) is 6.07 Å². The lowest BCUT2D eigenvalue weighted by molar-refractivity contribution is -0.137. The second-order valence-electron chi connectivity index (χ2n) is 5.47. The average molecular weight is 286 g/mol. The van der Waals surface area contributed by atoms with Gasteiger partial charge in [-0.25, -0.2) is 0 Å². The van der Waals surface area contributed by atoms with Crippen molar-refractivity contribution in [3.63, 3.8) is 0 Å². The zero-order valence-electron chi connectivity index (χ0n) is 11.9. The van der Waals surface area contributed by atoms with Gasteiger partial charge < -0.3 is 10.2 Å². The second kappa shape index (κ2) is 6.04. The number of hydrogen-bond acceptors (Lipinski definition) is 2. The number of benzene rings is 1. The van der Waals surface area contributed by atoms with E-state index in [-0.39, 0.29) is 0 Å². The molecule has 1 aliphatic rings. The Balaban J connectivity index is 2.31. The molecule has 1 heterocycles. The normalized spacial score (nSPS) is 19.6. The molecule has 0 bridgehead atoms. The van der Waals surface area contributed by atoms with Gasteiger partial charge in [0.25, 0.3) is 0 Å². The predicted octanol–water partition coefficient (Wildman–Crippen LogP) is 3.66. The van der Waals surface area contributed by atoms with E-state index >= 15 is 0 Å². The molecule has 0 saturated carbocycles. The van der Waals surface area contributed by atoms with Gasteiger partial charge in [-0.1, -0.05) is 19.9 Å². The van der Waals surface area contributed by atoms with Crippen molar-refractivity contribution in [2.75, 3.05) is 24.5 Å². The SMILES string of the molecule is CCNCc1ccc(N2CCC(C)C2)c(C(F)(F)F)c1. The highest BCUT2D eigenvalue weighted by Crippen LogP contribution is 2.38. The zero-order chi connectivity index (χ0) is 14.8. The average Bonchev–Trinajstić information content (AvgIpc) is 2.81. The molecular formula is C15H21F3N2. The van der Waals surface area contributed by atoms with Crippen LogP contribution in [0.1, 0.15) is 31.4 Å². The lowest BCUT2D eigenvalue weighted by Gasteiger charge is -2.23. The van der Waals surface area contributed by atoms with E-state index in [0.29, 0.717) is 36.8 Å². The minimum atomic E-state index is -4.30. The maximum absolute atomic E-state index is 13.3. The molecule has 2 rings (SSSR count). The van der Waals surface area contributed by atoms with Gasteiger partial charge in [-0.05, 0) is 36.6 Å². The fourth-order valence-electron chi connectivity index (χ4n) is 2.62. The van der Waals surface area contributed by atoms with Crippen molar-refractivity contribution in [3.05, 3.63) is 29.3 Å². The van der Waals surface area contributed by atoms with E-state index in [2.05, 4.69) is 12.2 Å². The molecule has 0 aromatic heterocycles. The summed E-state index contributed by atoms with van der Waals surface area (Å²) in [6.45, 7) is 6.63. The van der Waals surface area contributed by atoms with Crippen molar-refractivity contribution in [1.82, 2.24) is 5.32 Å². The third kappa shape index (κ3) is 3.45. The van der Waals surface area contributed by atoms with Crippen LogP contribution in [0.3, 0.4) is 0 Å². The number of rotatable bonds is 4. The van der Waals surface area contributed by atoms with Crippen LogP contribution < -0.4 is 10.2 Å².